The molecular weight excluding hydrogens is 364 g/mol. The lowest BCUT2D eigenvalue weighted by atomic mass is 9.93. The normalized spacial score (nSPS) is 17.1. The standard InChI is InChI=1S/C21H21ClN2O3/c1-15-5-4-6-17(21(25)26)18(15)13-16(14-23)24(9-11-27-12-10-24)20-8-3-2-7-19(20)22/h2-8,16H,9-13H2,1H3. The fraction of sp³-hybridized carbons (Fsp3) is 0.333. The highest BCUT2D eigenvalue weighted by atomic mass is 35.5. The predicted molar refractivity (Wildman–Crippen MR) is 102 cm³/mol. The maximum Gasteiger partial charge on any atom is 0.185 e. The summed E-state index contributed by atoms with van der Waals surface area (Å²) in [6.07, 6.45) is 0.303. The Morgan fingerprint density at radius 2 is 1.96 bits per heavy atom. The Morgan fingerprint density at radius 1 is 1.26 bits per heavy atom. The zero-order valence-corrected chi connectivity index (χ0v) is 15.9. The number of carbonyl (C=O) groups is 1. The molecule has 1 aliphatic heterocycles. The number of ether oxygens (including phenoxy) is 1. The zero-order valence-electron chi connectivity index (χ0n) is 15.2. The lowest BCUT2D eigenvalue weighted by molar-refractivity contribution is -0.255. The number of para-hydroxylation sites is 1. The number of carboxylic acid groups (broad SMARTS) is 1. The van der Waals surface area contributed by atoms with E-state index in [1.165, 1.54) is 6.07 Å². The first-order valence-corrected chi connectivity index (χ1v) is 9.26. The second kappa shape index (κ2) is 8.10. The molecule has 0 aromatic heterocycles. The molecule has 2 aromatic carbocycles. The second-order valence-electron chi connectivity index (χ2n) is 6.78. The van der Waals surface area contributed by atoms with Gasteiger partial charge in [-0.25, -0.2) is 0 Å². The average molecular weight is 385 g/mol. The second-order valence-corrected chi connectivity index (χ2v) is 7.19. The Morgan fingerprint density at radius 3 is 2.59 bits per heavy atom. The molecule has 3 rings (SSSR count). The van der Waals surface area contributed by atoms with Crippen LogP contribution in [0.25, 0.3) is 0 Å². The maximum absolute atomic E-state index is 11.6. The van der Waals surface area contributed by atoms with Crippen LogP contribution in [0.4, 0.5) is 5.69 Å². The Bertz CT molecular complexity index is 885. The minimum absolute atomic E-state index is 0.140. The molecule has 1 fully saturated rings. The molecule has 0 saturated carbocycles. The monoisotopic (exact) mass is 384 g/mol. The van der Waals surface area contributed by atoms with E-state index in [0.717, 1.165) is 11.3 Å². The van der Waals surface area contributed by atoms with Crippen LogP contribution >= 0.6 is 11.6 Å². The molecule has 1 saturated heterocycles. The number of carbonyl (C=O) groups excluding carboxylic acids is 1. The van der Waals surface area contributed by atoms with Crippen LogP contribution in [0.1, 0.15) is 21.5 Å². The van der Waals surface area contributed by atoms with Gasteiger partial charge in [-0.05, 0) is 24.1 Å². The van der Waals surface area contributed by atoms with Gasteiger partial charge in [0.25, 0.3) is 0 Å². The molecule has 2 aromatic rings. The maximum atomic E-state index is 11.6. The van der Waals surface area contributed by atoms with Gasteiger partial charge in [-0.3, -0.25) is 4.48 Å². The van der Waals surface area contributed by atoms with Crippen LogP contribution in [-0.2, 0) is 11.2 Å². The number of hydrogen-bond donors (Lipinski definition) is 0. The quantitative estimate of drug-likeness (QED) is 0.742. The fourth-order valence-corrected chi connectivity index (χ4v) is 4.19. The first kappa shape index (κ1) is 19.4. The van der Waals surface area contributed by atoms with E-state index in [0.29, 0.717) is 47.8 Å². The molecule has 1 heterocycles. The Balaban J connectivity index is 2.09. The molecule has 0 bridgehead atoms. The van der Waals surface area contributed by atoms with Crippen molar-refractivity contribution in [1.29, 1.82) is 5.26 Å². The third-order valence-corrected chi connectivity index (χ3v) is 5.69. The van der Waals surface area contributed by atoms with Gasteiger partial charge >= 0.3 is 0 Å². The Kier molecular flexibility index (Phi) is 5.81. The minimum atomic E-state index is -1.23. The highest BCUT2D eigenvalue weighted by Crippen LogP contribution is 2.36. The van der Waals surface area contributed by atoms with E-state index in [1.54, 1.807) is 6.07 Å². The van der Waals surface area contributed by atoms with E-state index < -0.39 is 12.0 Å². The van der Waals surface area contributed by atoms with Crippen molar-refractivity contribution in [2.24, 2.45) is 0 Å². The SMILES string of the molecule is Cc1cccc(C(=O)[O-])c1CC(C#N)[N+]1(c2ccccc2Cl)CCOCC1. The molecule has 27 heavy (non-hydrogen) atoms. The third-order valence-electron chi connectivity index (χ3n) is 5.37. The van der Waals surface area contributed by atoms with E-state index in [4.69, 9.17) is 16.3 Å². The number of nitriles is 1. The summed E-state index contributed by atoms with van der Waals surface area (Å²) >= 11 is 6.49. The van der Waals surface area contributed by atoms with Crippen LogP contribution in [0.15, 0.2) is 42.5 Å². The molecule has 0 spiro atoms. The van der Waals surface area contributed by atoms with Gasteiger partial charge in [0.2, 0.25) is 0 Å². The van der Waals surface area contributed by atoms with Gasteiger partial charge in [-0.2, -0.15) is 5.26 Å². The van der Waals surface area contributed by atoms with Crippen molar-refractivity contribution in [3.8, 4) is 6.07 Å². The third kappa shape index (κ3) is 3.70. The summed E-state index contributed by atoms with van der Waals surface area (Å²) in [5.41, 5.74) is 2.49. The highest BCUT2D eigenvalue weighted by Gasteiger charge is 2.43. The summed E-state index contributed by atoms with van der Waals surface area (Å²) in [4.78, 5) is 11.6. The number of halogens is 1. The van der Waals surface area contributed by atoms with Crippen molar-refractivity contribution in [1.82, 2.24) is 4.48 Å². The van der Waals surface area contributed by atoms with Gasteiger partial charge in [-0.1, -0.05) is 41.9 Å². The number of nitrogens with zero attached hydrogens (tertiary/aromatic N) is 2. The van der Waals surface area contributed by atoms with Gasteiger partial charge in [-0.15, -0.1) is 0 Å². The van der Waals surface area contributed by atoms with E-state index in [2.05, 4.69) is 6.07 Å². The molecular formula is C21H21ClN2O3. The first-order valence-electron chi connectivity index (χ1n) is 8.88. The van der Waals surface area contributed by atoms with E-state index >= 15 is 0 Å². The Hall–Kier alpha value is -2.39. The van der Waals surface area contributed by atoms with Crippen molar-refractivity contribution < 1.29 is 14.6 Å². The molecule has 1 aliphatic rings. The van der Waals surface area contributed by atoms with Crippen molar-refractivity contribution in [2.75, 3.05) is 26.3 Å². The molecule has 0 N–H and O–H groups in total. The number of morpholine rings is 1. The smallest absolute Gasteiger partial charge is 0.185 e. The minimum Gasteiger partial charge on any atom is -0.545 e. The average Bonchev–Trinajstić information content (AvgIpc) is 2.67. The summed E-state index contributed by atoms with van der Waals surface area (Å²) < 4.78 is 5.90. The van der Waals surface area contributed by atoms with Crippen LogP contribution in [0, 0.1) is 18.3 Å². The van der Waals surface area contributed by atoms with Gasteiger partial charge in [0, 0.05) is 18.1 Å². The van der Waals surface area contributed by atoms with E-state index in [-0.39, 0.29) is 5.56 Å². The Labute approximate surface area is 164 Å². The molecule has 0 amide bonds. The van der Waals surface area contributed by atoms with Crippen LogP contribution < -0.4 is 9.59 Å². The van der Waals surface area contributed by atoms with Crippen LogP contribution in [0.5, 0.6) is 0 Å². The first-order chi connectivity index (χ1) is 13.0. The van der Waals surface area contributed by atoms with Crippen LogP contribution in [0.3, 0.4) is 0 Å². The molecule has 6 heteroatoms. The molecule has 140 valence electrons. The van der Waals surface area contributed by atoms with E-state index in [9.17, 15) is 15.2 Å². The number of benzene rings is 2. The van der Waals surface area contributed by atoms with Gasteiger partial charge in [0.1, 0.15) is 24.2 Å². The number of carboxylic acids is 1. The fourth-order valence-electron chi connectivity index (χ4n) is 3.89. The summed E-state index contributed by atoms with van der Waals surface area (Å²) in [6, 6.07) is 14.5. The number of hydrogen-bond acceptors (Lipinski definition) is 4. The molecule has 5 nitrogen and oxygen atoms in total. The lowest BCUT2D eigenvalue weighted by Crippen LogP contribution is -2.63. The van der Waals surface area contributed by atoms with Crippen molar-refractivity contribution >= 4 is 23.3 Å². The number of aromatic carboxylic acids is 1. The zero-order chi connectivity index (χ0) is 19.4. The number of aryl methyl sites for hydroxylation is 1. The van der Waals surface area contributed by atoms with Crippen molar-refractivity contribution in [3.63, 3.8) is 0 Å². The summed E-state index contributed by atoms with van der Waals surface area (Å²) in [5, 5.41) is 22.3. The molecule has 0 radical (unpaired) electrons. The van der Waals surface area contributed by atoms with Crippen molar-refractivity contribution in [2.45, 2.75) is 19.4 Å². The van der Waals surface area contributed by atoms with E-state index in [1.807, 2.05) is 37.3 Å². The van der Waals surface area contributed by atoms with Crippen molar-refractivity contribution in [3.05, 3.63) is 64.2 Å². The van der Waals surface area contributed by atoms with Gasteiger partial charge < -0.3 is 14.6 Å². The number of rotatable bonds is 5. The number of quaternary nitrogens is 1. The predicted octanol–water partition coefficient (Wildman–Crippen LogP) is 2.48. The van der Waals surface area contributed by atoms with Gasteiger partial charge in [0.15, 0.2) is 11.7 Å². The van der Waals surface area contributed by atoms with Gasteiger partial charge in [0.05, 0.1) is 19.2 Å². The molecule has 0 aliphatic carbocycles. The highest BCUT2D eigenvalue weighted by molar-refractivity contribution is 6.33. The summed E-state index contributed by atoms with van der Waals surface area (Å²) in [5.74, 6) is -1.23. The van der Waals surface area contributed by atoms with Crippen LogP contribution in [0.2, 0.25) is 5.02 Å². The lowest BCUT2D eigenvalue weighted by Gasteiger charge is -2.44. The summed E-state index contributed by atoms with van der Waals surface area (Å²) in [7, 11) is 0. The largest absolute Gasteiger partial charge is 0.545 e. The van der Waals surface area contributed by atoms with Crippen LogP contribution in [-0.4, -0.2) is 38.3 Å². The molecule has 1 unspecified atom stereocenters. The molecule has 1 atom stereocenters. The summed E-state index contributed by atoms with van der Waals surface area (Å²) in [6.45, 7) is 4.10. The topological polar surface area (TPSA) is 73.1 Å².